The van der Waals surface area contributed by atoms with Crippen LogP contribution in [-0.4, -0.2) is 34.0 Å². The normalized spacial score (nSPS) is 35.8. The van der Waals surface area contributed by atoms with Crippen LogP contribution in [0.5, 0.6) is 0 Å². The summed E-state index contributed by atoms with van der Waals surface area (Å²) < 4.78 is 0. The predicted octanol–water partition coefficient (Wildman–Crippen LogP) is 1.11. The Morgan fingerprint density at radius 1 is 1.44 bits per heavy atom. The van der Waals surface area contributed by atoms with Crippen LogP contribution in [0.4, 0.5) is 0 Å². The molecule has 2 fully saturated rings. The number of aliphatic carboxylic acids is 1. The highest BCUT2D eigenvalue weighted by atomic mass is 32.2. The highest BCUT2D eigenvalue weighted by Gasteiger charge is 2.53. The van der Waals surface area contributed by atoms with Crippen molar-refractivity contribution in [3.63, 3.8) is 0 Å². The molecule has 0 aromatic rings. The average molecular weight is 243 g/mol. The number of carbonyl (C=O) groups is 2. The number of thioether (sulfide) groups is 1. The van der Waals surface area contributed by atoms with E-state index in [-0.39, 0.29) is 17.2 Å². The zero-order valence-electron chi connectivity index (χ0n) is 9.58. The van der Waals surface area contributed by atoms with Gasteiger partial charge < -0.3 is 10.4 Å². The summed E-state index contributed by atoms with van der Waals surface area (Å²) in [6.07, 6.45) is 1.40. The second-order valence-electron chi connectivity index (χ2n) is 5.42. The Kier molecular flexibility index (Phi) is 2.69. The van der Waals surface area contributed by atoms with Crippen LogP contribution in [0.15, 0.2) is 0 Å². The quantitative estimate of drug-likeness (QED) is 0.779. The molecule has 90 valence electrons. The van der Waals surface area contributed by atoms with Crippen LogP contribution in [0.25, 0.3) is 0 Å². The van der Waals surface area contributed by atoms with Crippen LogP contribution < -0.4 is 5.32 Å². The molecule has 0 radical (unpaired) electrons. The number of hydrogen-bond donors (Lipinski definition) is 2. The number of nitrogens with one attached hydrogen (secondary N) is 1. The van der Waals surface area contributed by atoms with Crippen molar-refractivity contribution in [2.45, 2.75) is 32.2 Å². The molecule has 1 heterocycles. The minimum absolute atomic E-state index is 0.00525. The first-order chi connectivity index (χ1) is 7.37. The molecule has 1 saturated carbocycles. The molecule has 0 bridgehead atoms. The van der Waals surface area contributed by atoms with Crippen molar-refractivity contribution in [3.05, 3.63) is 0 Å². The first-order valence-corrected chi connectivity index (χ1v) is 6.66. The zero-order chi connectivity index (χ0) is 12.0. The largest absolute Gasteiger partial charge is 0.479 e. The van der Waals surface area contributed by atoms with Gasteiger partial charge in [-0.1, -0.05) is 13.8 Å². The standard InChI is InChI=1S/C11H17NO3S/c1-10(2)5-7(10)8(13)12-11(9(14)15)3-4-16-6-11/h7H,3-6H2,1-2H3,(H,12,13)(H,14,15)/t7-,11?/m1/s1. The van der Waals surface area contributed by atoms with Gasteiger partial charge in [-0.3, -0.25) is 4.79 Å². The van der Waals surface area contributed by atoms with Gasteiger partial charge in [0.25, 0.3) is 0 Å². The van der Waals surface area contributed by atoms with Gasteiger partial charge in [-0.15, -0.1) is 0 Å². The number of hydrogen-bond acceptors (Lipinski definition) is 3. The molecule has 5 heteroatoms. The summed E-state index contributed by atoms with van der Waals surface area (Å²) >= 11 is 1.59. The fraction of sp³-hybridized carbons (Fsp3) is 0.818. The van der Waals surface area contributed by atoms with Crippen LogP contribution in [0.3, 0.4) is 0 Å². The molecule has 16 heavy (non-hydrogen) atoms. The zero-order valence-corrected chi connectivity index (χ0v) is 10.4. The van der Waals surface area contributed by atoms with E-state index in [9.17, 15) is 14.7 Å². The molecule has 2 N–H and O–H groups in total. The van der Waals surface area contributed by atoms with Gasteiger partial charge in [0.1, 0.15) is 5.54 Å². The minimum atomic E-state index is -1.01. The van der Waals surface area contributed by atoms with Crippen molar-refractivity contribution in [1.29, 1.82) is 0 Å². The summed E-state index contributed by atoms with van der Waals surface area (Å²) in [6, 6.07) is 0. The van der Waals surface area contributed by atoms with E-state index in [1.807, 2.05) is 13.8 Å². The highest BCUT2D eigenvalue weighted by molar-refractivity contribution is 7.99. The monoisotopic (exact) mass is 243 g/mol. The fourth-order valence-electron chi connectivity index (χ4n) is 2.12. The van der Waals surface area contributed by atoms with Gasteiger partial charge in [0.2, 0.25) is 5.91 Å². The molecule has 0 aromatic carbocycles. The number of carbonyl (C=O) groups excluding carboxylic acids is 1. The summed E-state index contributed by atoms with van der Waals surface area (Å²) in [5.41, 5.74) is -0.962. The molecule has 2 aliphatic rings. The smallest absolute Gasteiger partial charge is 0.330 e. The van der Waals surface area contributed by atoms with E-state index in [1.54, 1.807) is 11.8 Å². The first kappa shape index (κ1) is 11.8. The lowest BCUT2D eigenvalue weighted by atomic mass is 9.98. The second kappa shape index (κ2) is 3.65. The molecule has 1 aliphatic heterocycles. The maximum absolute atomic E-state index is 11.9. The molecule has 1 unspecified atom stereocenters. The Hall–Kier alpha value is -0.710. The van der Waals surface area contributed by atoms with Crippen molar-refractivity contribution < 1.29 is 14.7 Å². The predicted molar refractivity (Wildman–Crippen MR) is 62.3 cm³/mol. The molecule has 2 atom stereocenters. The van der Waals surface area contributed by atoms with Crippen molar-refractivity contribution in [2.24, 2.45) is 11.3 Å². The first-order valence-electron chi connectivity index (χ1n) is 5.51. The fourth-order valence-corrected chi connectivity index (χ4v) is 3.45. The van der Waals surface area contributed by atoms with Gasteiger partial charge in [0.15, 0.2) is 0 Å². The lowest BCUT2D eigenvalue weighted by Gasteiger charge is -2.24. The van der Waals surface area contributed by atoms with Crippen LogP contribution in [0.2, 0.25) is 0 Å². The molecule has 1 aliphatic carbocycles. The lowest BCUT2D eigenvalue weighted by Crippen LogP contribution is -2.55. The van der Waals surface area contributed by atoms with Gasteiger partial charge in [-0.05, 0) is 24.0 Å². The van der Waals surface area contributed by atoms with Crippen molar-refractivity contribution in [1.82, 2.24) is 5.32 Å². The van der Waals surface area contributed by atoms with E-state index < -0.39 is 11.5 Å². The van der Waals surface area contributed by atoms with Crippen LogP contribution in [0.1, 0.15) is 26.7 Å². The third-order valence-electron chi connectivity index (χ3n) is 3.62. The van der Waals surface area contributed by atoms with Gasteiger partial charge in [-0.25, -0.2) is 4.79 Å². The lowest BCUT2D eigenvalue weighted by molar-refractivity contribution is -0.146. The topological polar surface area (TPSA) is 66.4 Å². The van der Waals surface area contributed by atoms with E-state index in [1.165, 1.54) is 0 Å². The summed E-state index contributed by atoms with van der Waals surface area (Å²) in [5.74, 6) is 0.301. The second-order valence-corrected chi connectivity index (χ2v) is 6.53. The molecule has 4 nitrogen and oxygen atoms in total. The number of carboxylic acid groups (broad SMARTS) is 1. The van der Waals surface area contributed by atoms with Gasteiger partial charge in [0.05, 0.1) is 0 Å². The van der Waals surface area contributed by atoms with Gasteiger partial charge in [0, 0.05) is 11.7 Å². The van der Waals surface area contributed by atoms with E-state index >= 15 is 0 Å². The summed E-state index contributed by atoms with van der Waals surface area (Å²) in [7, 11) is 0. The molecule has 0 spiro atoms. The van der Waals surface area contributed by atoms with E-state index in [2.05, 4.69) is 5.32 Å². The third-order valence-corrected chi connectivity index (χ3v) is 4.81. The summed E-state index contributed by atoms with van der Waals surface area (Å²) in [6.45, 7) is 4.07. The molecule has 1 saturated heterocycles. The van der Waals surface area contributed by atoms with Crippen molar-refractivity contribution in [3.8, 4) is 0 Å². The number of rotatable bonds is 3. The molecule has 0 aromatic heterocycles. The van der Waals surface area contributed by atoms with E-state index in [0.717, 1.165) is 12.2 Å². The Morgan fingerprint density at radius 3 is 2.44 bits per heavy atom. The Labute approximate surface area is 99.2 Å². The number of amides is 1. The summed E-state index contributed by atoms with van der Waals surface area (Å²) in [5, 5.41) is 12.0. The maximum atomic E-state index is 11.9. The van der Waals surface area contributed by atoms with Crippen molar-refractivity contribution >= 4 is 23.6 Å². The third kappa shape index (κ3) is 1.93. The van der Waals surface area contributed by atoms with Crippen LogP contribution >= 0.6 is 11.8 Å². The maximum Gasteiger partial charge on any atom is 0.330 e. The van der Waals surface area contributed by atoms with Crippen LogP contribution in [-0.2, 0) is 9.59 Å². The van der Waals surface area contributed by atoms with Crippen molar-refractivity contribution in [2.75, 3.05) is 11.5 Å². The average Bonchev–Trinajstić information content (AvgIpc) is 2.63. The van der Waals surface area contributed by atoms with Gasteiger partial charge in [-0.2, -0.15) is 11.8 Å². The minimum Gasteiger partial charge on any atom is -0.479 e. The Morgan fingerprint density at radius 2 is 2.06 bits per heavy atom. The Bertz CT molecular complexity index is 334. The van der Waals surface area contributed by atoms with Gasteiger partial charge >= 0.3 is 5.97 Å². The molecular weight excluding hydrogens is 226 g/mol. The summed E-state index contributed by atoms with van der Waals surface area (Å²) in [4.78, 5) is 23.1. The number of carboxylic acids is 1. The van der Waals surface area contributed by atoms with Crippen LogP contribution in [0, 0.1) is 11.3 Å². The molecular formula is C11H17NO3S. The highest BCUT2D eigenvalue weighted by Crippen LogP contribution is 2.52. The SMILES string of the molecule is CC1(C)C[C@@H]1C(=O)NC1(C(=O)O)CCSC1. The Balaban J connectivity index is 2.02. The molecule has 1 amide bonds. The molecule has 2 rings (SSSR count). The van der Waals surface area contributed by atoms with E-state index in [4.69, 9.17) is 0 Å². The van der Waals surface area contributed by atoms with E-state index in [0.29, 0.717) is 12.2 Å².